The predicted octanol–water partition coefficient (Wildman–Crippen LogP) is 6.15. The zero-order valence-corrected chi connectivity index (χ0v) is 17.3. The fourth-order valence-corrected chi connectivity index (χ4v) is 3.72. The summed E-state index contributed by atoms with van der Waals surface area (Å²) in [6, 6.07) is 23.2. The number of anilines is 1. The number of carbonyl (C=O) groups excluding carboxylic acids is 1. The van der Waals surface area contributed by atoms with E-state index in [9.17, 15) is 4.79 Å². The number of amides is 1. The lowest BCUT2D eigenvalue weighted by Gasteiger charge is -2.20. The van der Waals surface area contributed by atoms with Crippen molar-refractivity contribution in [2.24, 2.45) is 0 Å². The Morgan fingerprint density at radius 1 is 0.867 bits per heavy atom. The Kier molecular flexibility index (Phi) is 6.33. The summed E-state index contributed by atoms with van der Waals surface area (Å²) >= 11 is 0. The van der Waals surface area contributed by atoms with Gasteiger partial charge >= 0.3 is 0 Å². The molecule has 3 aromatic rings. The average molecular weight is 402 g/mol. The van der Waals surface area contributed by atoms with Crippen LogP contribution in [0.15, 0.2) is 72.8 Å². The van der Waals surface area contributed by atoms with Gasteiger partial charge in [-0.25, -0.2) is 0 Å². The predicted molar refractivity (Wildman–Crippen MR) is 119 cm³/mol. The third kappa shape index (κ3) is 5.01. The first kappa shape index (κ1) is 20.0. The van der Waals surface area contributed by atoms with E-state index >= 15 is 0 Å². The molecule has 0 aliphatic heterocycles. The van der Waals surface area contributed by atoms with E-state index in [4.69, 9.17) is 9.47 Å². The van der Waals surface area contributed by atoms with Gasteiger partial charge in [-0.05, 0) is 91.8 Å². The Morgan fingerprint density at radius 3 is 2.27 bits per heavy atom. The maximum atomic E-state index is 12.7. The maximum absolute atomic E-state index is 12.7. The van der Waals surface area contributed by atoms with Crippen molar-refractivity contribution in [3.8, 4) is 17.2 Å². The van der Waals surface area contributed by atoms with E-state index in [2.05, 4.69) is 17.4 Å². The number of para-hydroxylation sites is 1. The second kappa shape index (κ2) is 9.49. The molecular formula is C26H27NO3. The van der Waals surface area contributed by atoms with Gasteiger partial charge in [-0.3, -0.25) is 4.79 Å². The van der Waals surface area contributed by atoms with Gasteiger partial charge in [0.2, 0.25) is 0 Å². The molecule has 0 bridgehead atoms. The molecule has 3 aromatic carbocycles. The van der Waals surface area contributed by atoms with E-state index in [-0.39, 0.29) is 5.91 Å². The lowest BCUT2D eigenvalue weighted by molar-refractivity contribution is -0.122. The Bertz CT molecular complexity index is 983. The van der Waals surface area contributed by atoms with Crippen LogP contribution >= 0.6 is 0 Å². The molecule has 1 N–H and O–H groups in total. The average Bonchev–Trinajstić information content (AvgIpc) is 2.79. The number of benzene rings is 3. The van der Waals surface area contributed by atoms with Crippen LogP contribution in [-0.4, -0.2) is 12.0 Å². The number of ether oxygens (including phenoxy) is 2. The van der Waals surface area contributed by atoms with Crippen LogP contribution in [0.25, 0.3) is 0 Å². The van der Waals surface area contributed by atoms with Crippen molar-refractivity contribution in [3.63, 3.8) is 0 Å². The molecule has 1 aliphatic carbocycles. The van der Waals surface area contributed by atoms with Gasteiger partial charge in [0.1, 0.15) is 17.2 Å². The third-order valence-electron chi connectivity index (χ3n) is 5.36. The Balaban J connectivity index is 1.37. The summed E-state index contributed by atoms with van der Waals surface area (Å²) in [4.78, 5) is 12.7. The first-order chi connectivity index (χ1) is 14.7. The van der Waals surface area contributed by atoms with Crippen LogP contribution in [0.4, 0.5) is 5.69 Å². The molecule has 0 unspecified atom stereocenters. The van der Waals surface area contributed by atoms with Crippen LogP contribution in [0.2, 0.25) is 0 Å². The van der Waals surface area contributed by atoms with Crippen molar-refractivity contribution in [3.05, 3.63) is 83.9 Å². The molecule has 0 fully saturated rings. The normalized spacial score (nSPS) is 13.8. The van der Waals surface area contributed by atoms with Gasteiger partial charge in [0.05, 0.1) is 0 Å². The van der Waals surface area contributed by atoms with E-state index in [0.29, 0.717) is 12.1 Å². The summed E-state index contributed by atoms with van der Waals surface area (Å²) in [7, 11) is 0. The van der Waals surface area contributed by atoms with E-state index in [1.165, 1.54) is 24.0 Å². The monoisotopic (exact) mass is 401 g/mol. The first-order valence-corrected chi connectivity index (χ1v) is 10.6. The molecule has 0 heterocycles. The van der Waals surface area contributed by atoms with Gasteiger partial charge < -0.3 is 14.8 Å². The van der Waals surface area contributed by atoms with Gasteiger partial charge in [0.25, 0.3) is 5.91 Å². The van der Waals surface area contributed by atoms with Crippen LogP contribution in [0.5, 0.6) is 17.2 Å². The van der Waals surface area contributed by atoms with Gasteiger partial charge in [-0.15, -0.1) is 0 Å². The maximum Gasteiger partial charge on any atom is 0.265 e. The highest BCUT2D eigenvalue weighted by Crippen LogP contribution is 2.27. The van der Waals surface area contributed by atoms with Crippen molar-refractivity contribution in [1.82, 2.24) is 0 Å². The summed E-state index contributed by atoms with van der Waals surface area (Å²) in [5, 5.41) is 2.95. The molecule has 4 rings (SSSR count). The molecule has 0 saturated carbocycles. The van der Waals surface area contributed by atoms with Gasteiger partial charge in [0.15, 0.2) is 6.10 Å². The Morgan fingerprint density at radius 2 is 1.53 bits per heavy atom. The van der Waals surface area contributed by atoms with Crippen molar-refractivity contribution in [2.45, 2.75) is 45.1 Å². The molecule has 0 aromatic heterocycles. The highest BCUT2D eigenvalue weighted by atomic mass is 16.5. The number of aryl methyl sites for hydroxylation is 2. The smallest absolute Gasteiger partial charge is 0.265 e. The largest absolute Gasteiger partial charge is 0.481 e. The number of carbonyl (C=O) groups is 1. The zero-order chi connectivity index (χ0) is 20.8. The molecular weight excluding hydrogens is 374 g/mol. The number of fused-ring (bicyclic) bond motifs is 1. The van der Waals surface area contributed by atoms with Crippen LogP contribution in [0.1, 0.15) is 37.3 Å². The molecule has 30 heavy (non-hydrogen) atoms. The Labute approximate surface area is 177 Å². The summed E-state index contributed by atoms with van der Waals surface area (Å²) in [5.74, 6) is 2.12. The summed E-state index contributed by atoms with van der Waals surface area (Å²) in [5.41, 5.74) is 3.47. The number of rotatable bonds is 7. The molecule has 1 amide bonds. The topological polar surface area (TPSA) is 47.6 Å². The zero-order valence-electron chi connectivity index (χ0n) is 17.3. The van der Waals surface area contributed by atoms with Crippen molar-refractivity contribution < 1.29 is 14.3 Å². The van der Waals surface area contributed by atoms with Crippen LogP contribution in [-0.2, 0) is 17.6 Å². The van der Waals surface area contributed by atoms with Crippen LogP contribution in [0.3, 0.4) is 0 Å². The molecule has 0 radical (unpaired) electrons. The standard InChI is InChI=1S/C26H27NO3/c1-2-25(30-24-15-12-19-8-6-7-9-20(19)18-24)26(28)27-21-13-16-23(17-14-21)29-22-10-4-3-5-11-22/h3-5,10-18,25H,2,6-9H2,1H3,(H,27,28)/t25-/m1/s1. The van der Waals surface area contributed by atoms with E-state index in [0.717, 1.165) is 30.1 Å². The second-order valence-electron chi connectivity index (χ2n) is 7.58. The minimum absolute atomic E-state index is 0.146. The molecule has 154 valence electrons. The number of hydrogen-bond donors (Lipinski definition) is 1. The highest BCUT2D eigenvalue weighted by molar-refractivity contribution is 5.94. The number of nitrogens with one attached hydrogen (secondary N) is 1. The fraction of sp³-hybridized carbons (Fsp3) is 0.269. The minimum Gasteiger partial charge on any atom is -0.481 e. The van der Waals surface area contributed by atoms with Crippen molar-refractivity contribution >= 4 is 11.6 Å². The van der Waals surface area contributed by atoms with Crippen molar-refractivity contribution in [2.75, 3.05) is 5.32 Å². The molecule has 1 atom stereocenters. The quantitative estimate of drug-likeness (QED) is 0.516. The van der Waals surface area contributed by atoms with E-state index in [1.807, 2.05) is 67.6 Å². The van der Waals surface area contributed by atoms with Crippen molar-refractivity contribution in [1.29, 1.82) is 0 Å². The van der Waals surface area contributed by atoms with Gasteiger partial charge in [0, 0.05) is 5.69 Å². The lowest BCUT2D eigenvalue weighted by Crippen LogP contribution is -2.32. The van der Waals surface area contributed by atoms with E-state index < -0.39 is 6.10 Å². The van der Waals surface area contributed by atoms with Gasteiger partial charge in [-0.1, -0.05) is 31.2 Å². The third-order valence-corrected chi connectivity index (χ3v) is 5.36. The highest BCUT2D eigenvalue weighted by Gasteiger charge is 2.19. The van der Waals surface area contributed by atoms with Crippen LogP contribution in [0, 0.1) is 0 Å². The lowest BCUT2D eigenvalue weighted by atomic mass is 9.92. The van der Waals surface area contributed by atoms with Crippen LogP contribution < -0.4 is 14.8 Å². The van der Waals surface area contributed by atoms with Gasteiger partial charge in [-0.2, -0.15) is 0 Å². The molecule has 4 heteroatoms. The van der Waals surface area contributed by atoms with E-state index in [1.54, 1.807) is 0 Å². The molecule has 0 saturated heterocycles. The molecule has 0 spiro atoms. The molecule has 4 nitrogen and oxygen atoms in total. The Hall–Kier alpha value is -3.27. The first-order valence-electron chi connectivity index (χ1n) is 10.6. The summed E-state index contributed by atoms with van der Waals surface area (Å²) in [6.07, 6.45) is 4.76. The minimum atomic E-state index is -0.535. The SMILES string of the molecule is CC[C@@H](Oc1ccc2c(c1)CCCC2)C(=O)Nc1ccc(Oc2ccccc2)cc1. The summed E-state index contributed by atoms with van der Waals surface area (Å²) in [6.45, 7) is 1.96. The molecule has 1 aliphatic rings. The number of hydrogen-bond acceptors (Lipinski definition) is 3. The fourth-order valence-electron chi connectivity index (χ4n) is 3.72. The second-order valence-corrected chi connectivity index (χ2v) is 7.58. The summed E-state index contributed by atoms with van der Waals surface area (Å²) < 4.78 is 11.8.